The zero-order valence-electron chi connectivity index (χ0n) is 14.1. The van der Waals surface area contributed by atoms with Gasteiger partial charge >= 0.3 is 6.18 Å². The van der Waals surface area contributed by atoms with E-state index in [4.69, 9.17) is 21.1 Å². The van der Waals surface area contributed by atoms with Gasteiger partial charge in [-0.05, 0) is 56.3 Å². The lowest BCUT2D eigenvalue weighted by Gasteiger charge is -2.16. The van der Waals surface area contributed by atoms with Crippen LogP contribution in [-0.4, -0.2) is 18.6 Å². The molecule has 0 saturated heterocycles. The molecule has 0 aliphatic rings. The van der Waals surface area contributed by atoms with Gasteiger partial charge in [0.05, 0.1) is 22.9 Å². The minimum absolute atomic E-state index is 0.000354. The first-order valence-corrected chi connectivity index (χ1v) is 8.15. The van der Waals surface area contributed by atoms with Gasteiger partial charge in [-0.3, -0.25) is 4.79 Å². The number of carbonyl (C=O) groups is 1. The third kappa shape index (κ3) is 5.29. The van der Waals surface area contributed by atoms with E-state index in [0.717, 1.165) is 18.2 Å². The average Bonchev–Trinajstić information content (AvgIpc) is 2.57. The Morgan fingerprint density at radius 1 is 1.15 bits per heavy atom. The Bertz CT molecular complexity index is 763. The molecule has 0 radical (unpaired) electrons. The van der Waals surface area contributed by atoms with Crippen LogP contribution in [0.2, 0.25) is 5.02 Å². The molecule has 1 atom stereocenters. The van der Waals surface area contributed by atoms with Gasteiger partial charge < -0.3 is 14.8 Å². The van der Waals surface area contributed by atoms with Crippen LogP contribution in [0.25, 0.3) is 0 Å². The van der Waals surface area contributed by atoms with Crippen molar-refractivity contribution in [1.82, 2.24) is 0 Å². The molecule has 0 aliphatic heterocycles. The molecule has 140 valence electrons. The predicted molar refractivity (Wildman–Crippen MR) is 92.8 cm³/mol. The molecule has 26 heavy (non-hydrogen) atoms. The van der Waals surface area contributed by atoms with E-state index in [1.165, 1.54) is 6.92 Å². The van der Waals surface area contributed by atoms with Crippen molar-refractivity contribution in [3.63, 3.8) is 0 Å². The van der Waals surface area contributed by atoms with Crippen molar-refractivity contribution in [3.05, 3.63) is 53.1 Å². The van der Waals surface area contributed by atoms with E-state index in [2.05, 4.69) is 5.32 Å². The van der Waals surface area contributed by atoms with Gasteiger partial charge in [-0.1, -0.05) is 11.6 Å². The van der Waals surface area contributed by atoms with Gasteiger partial charge in [0.25, 0.3) is 5.91 Å². The summed E-state index contributed by atoms with van der Waals surface area (Å²) in [5, 5.41) is 2.35. The second-order valence-electron chi connectivity index (χ2n) is 5.35. The summed E-state index contributed by atoms with van der Waals surface area (Å²) in [6.07, 6.45) is -5.48. The maximum atomic E-state index is 12.8. The zero-order valence-corrected chi connectivity index (χ0v) is 14.8. The van der Waals surface area contributed by atoms with Crippen molar-refractivity contribution in [2.45, 2.75) is 26.1 Å². The van der Waals surface area contributed by atoms with Crippen LogP contribution in [0.4, 0.5) is 18.9 Å². The number of amides is 1. The van der Waals surface area contributed by atoms with Gasteiger partial charge in [-0.25, -0.2) is 0 Å². The SMILES string of the molecule is CCOc1ccc(OC(C)C(=O)Nc2cc(C(F)(F)F)ccc2Cl)cc1. The van der Waals surface area contributed by atoms with Gasteiger partial charge in [0, 0.05) is 0 Å². The van der Waals surface area contributed by atoms with Crippen molar-refractivity contribution >= 4 is 23.2 Å². The monoisotopic (exact) mass is 387 g/mol. The van der Waals surface area contributed by atoms with Crippen LogP contribution in [0.1, 0.15) is 19.4 Å². The third-order valence-electron chi connectivity index (χ3n) is 3.37. The van der Waals surface area contributed by atoms with E-state index in [0.29, 0.717) is 18.1 Å². The summed E-state index contributed by atoms with van der Waals surface area (Å²) in [4.78, 5) is 12.2. The summed E-state index contributed by atoms with van der Waals surface area (Å²) in [6.45, 7) is 3.86. The fourth-order valence-electron chi connectivity index (χ4n) is 2.07. The van der Waals surface area contributed by atoms with Crippen LogP contribution in [0.5, 0.6) is 11.5 Å². The predicted octanol–water partition coefficient (Wildman–Crippen LogP) is 5.16. The number of hydrogen-bond donors (Lipinski definition) is 1. The molecule has 2 aromatic rings. The molecule has 0 saturated carbocycles. The van der Waals surface area contributed by atoms with E-state index in [-0.39, 0.29) is 10.7 Å². The molecular weight excluding hydrogens is 371 g/mol. The summed E-state index contributed by atoms with van der Waals surface area (Å²) in [5.74, 6) is 0.457. The minimum Gasteiger partial charge on any atom is -0.494 e. The molecule has 1 amide bonds. The molecule has 1 unspecified atom stereocenters. The number of halogens is 4. The van der Waals surface area contributed by atoms with Crippen molar-refractivity contribution in [2.75, 3.05) is 11.9 Å². The number of alkyl halides is 3. The van der Waals surface area contributed by atoms with E-state index < -0.39 is 23.8 Å². The maximum absolute atomic E-state index is 12.8. The zero-order chi connectivity index (χ0) is 19.3. The quantitative estimate of drug-likeness (QED) is 0.744. The molecule has 8 heteroatoms. The summed E-state index contributed by atoms with van der Waals surface area (Å²) in [7, 11) is 0. The lowest BCUT2D eigenvalue weighted by Crippen LogP contribution is -2.30. The maximum Gasteiger partial charge on any atom is 0.416 e. The lowest BCUT2D eigenvalue weighted by molar-refractivity contribution is -0.137. The number of benzene rings is 2. The molecule has 2 aromatic carbocycles. The molecule has 0 bridgehead atoms. The van der Waals surface area contributed by atoms with Crippen LogP contribution < -0.4 is 14.8 Å². The van der Waals surface area contributed by atoms with E-state index >= 15 is 0 Å². The summed E-state index contributed by atoms with van der Waals surface area (Å²) < 4.78 is 49.1. The third-order valence-corrected chi connectivity index (χ3v) is 3.70. The second kappa shape index (κ2) is 8.31. The fraction of sp³-hybridized carbons (Fsp3) is 0.278. The Morgan fingerprint density at radius 2 is 1.77 bits per heavy atom. The van der Waals surface area contributed by atoms with Crippen molar-refractivity contribution in [2.24, 2.45) is 0 Å². The highest BCUT2D eigenvalue weighted by molar-refractivity contribution is 6.33. The van der Waals surface area contributed by atoms with Crippen molar-refractivity contribution in [1.29, 1.82) is 0 Å². The molecule has 0 spiro atoms. The van der Waals surface area contributed by atoms with Crippen LogP contribution in [0, 0.1) is 0 Å². The largest absolute Gasteiger partial charge is 0.494 e. The summed E-state index contributed by atoms with van der Waals surface area (Å²) in [6, 6.07) is 9.35. The van der Waals surface area contributed by atoms with E-state index in [1.54, 1.807) is 24.3 Å². The molecular formula is C18H17ClF3NO3. The lowest BCUT2D eigenvalue weighted by atomic mass is 10.2. The Morgan fingerprint density at radius 3 is 2.35 bits per heavy atom. The number of nitrogens with one attached hydrogen (secondary N) is 1. The standard InChI is InChI=1S/C18H17ClF3NO3/c1-3-25-13-5-7-14(8-6-13)26-11(2)17(24)23-16-10-12(18(20,21)22)4-9-15(16)19/h4-11H,3H2,1-2H3,(H,23,24). The normalized spacial score (nSPS) is 12.4. The second-order valence-corrected chi connectivity index (χ2v) is 5.75. The van der Waals surface area contributed by atoms with Gasteiger partial charge in [0.1, 0.15) is 11.5 Å². The van der Waals surface area contributed by atoms with Gasteiger partial charge in [0.2, 0.25) is 0 Å². The highest BCUT2D eigenvalue weighted by Crippen LogP contribution is 2.34. The van der Waals surface area contributed by atoms with Crippen LogP contribution in [0.15, 0.2) is 42.5 Å². The summed E-state index contributed by atoms with van der Waals surface area (Å²) in [5.41, 5.74) is -1.04. The molecule has 1 N–H and O–H groups in total. The molecule has 0 aliphatic carbocycles. The average molecular weight is 388 g/mol. The number of anilines is 1. The summed E-state index contributed by atoms with van der Waals surface area (Å²) >= 11 is 5.87. The molecule has 0 heterocycles. The Kier molecular flexibility index (Phi) is 6.37. The first-order chi connectivity index (χ1) is 12.2. The van der Waals surface area contributed by atoms with Crippen LogP contribution in [-0.2, 0) is 11.0 Å². The Hall–Kier alpha value is -2.41. The number of hydrogen-bond acceptors (Lipinski definition) is 3. The molecule has 2 rings (SSSR count). The van der Waals surface area contributed by atoms with E-state index in [9.17, 15) is 18.0 Å². The van der Waals surface area contributed by atoms with E-state index in [1.807, 2.05) is 6.92 Å². The molecule has 0 aromatic heterocycles. The number of carbonyl (C=O) groups excluding carboxylic acids is 1. The van der Waals surface area contributed by atoms with Gasteiger partial charge in [-0.15, -0.1) is 0 Å². The van der Waals surface area contributed by atoms with Crippen molar-refractivity contribution < 1.29 is 27.4 Å². The highest BCUT2D eigenvalue weighted by Gasteiger charge is 2.31. The van der Waals surface area contributed by atoms with Crippen LogP contribution in [0.3, 0.4) is 0 Å². The molecule has 4 nitrogen and oxygen atoms in total. The molecule has 0 fully saturated rings. The smallest absolute Gasteiger partial charge is 0.416 e. The Labute approximate surface area is 153 Å². The van der Waals surface area contributed by atoms with Crippen LogP contribution >= 0.6 is 11.6 Å². The Balaban J connectivity index is 2.05. The fourth-order valence-corrected chi connectivity index (χ4v) is 2.24. The van der Waals surface area contributed by atoms with Gasteiger partial charge in [0.15, 0.2) is 6.10 Å². The number of ether oxygens (including phenoxy) is 2. The highest BCUT2D eigenvalue weighted by atomic mass is 35.5. The van der Waals surface area contributed by atoms with Crippen molar-refractivity contribution in [3.8, 4) is 11.5 Å². The topological polar surface area (TPSA) is 47.6 Å². The van der Waals surface area contributed by atoms with Gasteiger partial charge in [-0.2, -0.15) is 13.2 Å². The first kappa shape index (κ1) is 19.9. The first-order valence-electron chi connectivity index (χ1n) is 7.78. The minimum atomic E-state index is -4.53. The number of rotatable bonds is 6.